The zero-order valence-electron chi connectivity index (χ0n) is 12.1. The number of thioether (sulfide) groups is 1. The lowest BCUT2D eigenvalue weighted by Gasteiger charge is -2.29. The van der Waals surface area contributed by atoms with Crippen molar-refractivity contribution < 1.29 is 0 Å². The Labute approximate surface area is 126 Å². The summed E-state index contributed by atoms with van der Waals surface area (Å²) in [4.78, 5) is 2.56. The van der Waals surface area contributed by atoms with Crippen LogP contribution in [0.3, 0.4) is 0 Å². The van der Waals surface area contributed by atoms with Crippen LogP contribution in [0.4, 0.5) is 0 Å². The second-order valence-corrected chi connectivity index (χ2v) is 6.95. The highest BCUT2D eigenvalue weighted by Crippen LogP contribution is 2.51. The first-order chi connectivity index (χ1) is 9.76. The van der Waals surface area contributed by atoms with Gasteiger partial charge < -0.3 is 0 Å². The van der Waals surface area contributed by atoms with E-state index in [-0.39, 0.29) is 4.75 Å². The third-order valence-electron chi connectivity index (χ3n) is 4.20. The molecule has 0 bridgehead atoms. The van der Waals surface area contributed by atoms with Gasteiger partial charge in [-0.05, 0) is 24.6 Å². The Hall–Kier alpha value is -1.25. The minimum absolute atomic E-state index is 0.0674. The Bertz CT molecular complexity index is 513. The van der Waals surface area contributed by atoms with E-state index in [0.717, 1.165) is 13.1 Å². The molecule has 0 aromatic heterocycles. The van der Waals surface area contributed by atoms with E-state index < -0.39 is 0 Å². The van der Waals surface area contributed by atoms with Crippen LogP contribution in [-0.2, 0) is 4.75 Å². The van der Waals surface area contributed by atoms with Crippen LogP contribution in [0.2, 0.25) is 0 Å². The summed E-state index contributed by atoms with van der Waals surface area (Å²) in [7, 11) is 0. The van der Waals surface area contributed by atoms with Crippen molar-refractivity contribution in [2.24, 2.45) is 0 Å². The van der Waals surface area contributed by atoms with Gasteiger partial charge in [0.15, 0.2) is 0 Å². The average Bonchev–Trinajstić information content (AvgIpc) is 2.87. The van der Waals surface area contributed by atoms with E-state index in [0.29, 0.717) is 5.37 Å². The van der Waals surface area contributed by atoms with Gasteiger partial charge in [0.1, 0.15) is 0 Å². The fraction of sp³-hybridized carbons (Fsp3) is 0.333. The monoisotopic (exact) mass is 283 g/mol. The molecule has 1 unspecified atom stereocenters. The minimum Gasteiger partial charge on any atom is -0.290 e. The maximum absolute atomic E-state index is 2.56. The number of nitrogens with zero attached hydrogens (tertiary/aromatic N) is 1. The molecule has 0 amide bonds. The van der Waals surface area contributed by atoms with Crippen LogP contribution < -0.4 is 0 Å². The summed E-state index contributed by atoms with van der Waals surface area (Å²) in [5, 5.41) is 0.556. The molecular weight excluding hydrogens is 262 g/mol. The fourth-order valence-corrected chi connectivity index (χ4v) is 4.83. The highest BCUT2D eigenvalue weighted by atomic mass is 32.2. The van der Waals surface area contributed by atoms with Crippen molar-refractivity contribution in [2.45, 2.75) is 24.0 Å². The van der Waals surface area contributed by atoms with Crippen LogP contribution in [0.5, 0.6) is 0 Å². The molecule has 0 spiro atoms. The summed E-state index contributed by atoms with van der Waals surface area (Å²) < 4.78 is 0.0674. The fourth-order valence-electron chi connectivity index (χ4n) is 3.09. The van der Waals surface area contributed by atoms with Gasteiger partial charge in [-0.2, -0.15) is 0 Å². The normalized spacial score (nSPS) is 22.0. The summed E-state index contributed by atoms with van der Waals surface area (Å²) in [6.07, 6.45) is 0. The summed E-state index contributed by atoms with van der Waals surface area (Å²) >= 11 is 2.08. The Kier molecular flexibility index (Phi) is 3.86. The molecule has 1 heterocycles. The third-order valence-corrected chi connectivity index (χ3v) is 5.84. The van der Waals surface area contributed by atoms with E-state index in [1.54, 1.807) is 0 Å². The molecule has 3 rings (SSSR count). The van der Waals surface area contributed by atoms with E-state index in [2.05, 4.69) is 91.2 Å². The molecule has 0 saturated carbocycles. The topological polar surface area (TPSA) is 3.24 Å². The van der Waals surface area contributed by atoms with Gasteiger partial charge in [-0.1, -0.05) is 67.6 Å². The molecule has 2 aromatic carbocycles. The molecular formula is C18H21NS. The predicted molar refractivity (Wildman–Crippen MR) is 88.0 cm³/mol. The van der Waals surface area contributed by atoms with Gasteiger partial charge in [-0.25, -0.2) is 0 Å². The molecule has 1 atom stereocenters. The van der Waals surface area contributed by atoms with E-state index in [9.17, 15) is 0 Å². The Morgan fingerprint density at radius 3 is 1.90 bits per heavy atom. The van der Waals surface area contributed by atoms with Crippen molar-refractivity contribution >= 4 is 11.8 Å². The maximum atomic E-state index is 2.56. The largest absolute Gasteiger partial charge is 0.290 e. The number of benzene rings is 2. The van der Waals surface area contributed by atoms with Crippen LogP contribution in [-0.4, -0.2) is 23.4 Å². The average molecular weight is 283 g/mol. The molecule has 1 aliphatic heterocycles. The predicted octanol–water partition coefficient (Wildman–Crippen LogP) is 4.34. The molecule has 20 heavy (non-hydrogen) atoms. The van der Waals surface area contributed by atoms with E-state index in [4.69, 9.17) is 0 Å². The van der Waals surface area contributed by atoms with Gasteiger partial charge in [0, 0.05) is 6.54 Å². The van der Waals surface area contributed by atoms with E-state index >= 15 is 0 Å². The van der Waals surface area contributed by atoms with Crippen molar-refractivity contribution in [3.63, 3.8) is 0 Å². The standard InChI is InChI=1S/C18H21NS/c1-3-19-14-18(20-15(19)2,16-10-6-4-7-11-16)17-12-8-5-9-13-17/h4-13,15H,3,14H2,1-2H3. The Balaban J connectivity index is 2.10. The van der Waals surface area contributed by atoms with Crippen LogP contribution >= 0.6 is 11.8 Å². The van der Waals surface area contributed by atoms with Gasteiger partial charge >= 0.3 is 0 Å². The number of hydrogen-bond acceptors (Lipinski definition) is 2. The van der Waals surface area contributed by atoms with Crippen molar-refractivity contribution in [1.29, 1.82) is 0 Å². The van der Waals surface area contributed by atoms with Crippen molar-refractivity contribution in [3.05, 3.63) is 71.8 Å². The lowest BCUT2D eigenvalue weighted by atomic mass is 9.89. The summed E-state index contributed by atoms with van der Waals surface area (Å²) in [6, 6.07) is 21.9. The highest BCUT2D eigenvalue weighted by Gasteiger charge is 2.44. The van der Waals surface area contributed by atoms with Gasteiger partial charge in [0.25, 0.3) is 0 Å². The second kappa shape index (κ2) is 5.63. The Morgan fingerprint density at radius 2 is 1.50 bits per heavy atom. The SMILES string of the molecule is CCN1CC(c2ccccc2)(c2ccccc2)SC1C. The third kappa shape index (κ3) is 2.27. The smallest absolute Gasteiger partial charge is 0.0799 e. The van der Waals surface area contributed by atoms with Gasteiger partial charge in [-0.3, -0.25) is 4.90 Å². The zero-order chi connectivity index (χ0) is 14.0. The summed E-state index contributed by atoms with van der Waals surface area (Å²) in [5.41, 5.74) is 2.83. The highest BCUT2D eigenvalue weighted by molar-refractivity contribution is 8.01. The number of hydrogen-bond donors (Lipinski definition) is 0. The van der Waals surface area contributed by atoms with Crippen LogP contribution in [0, 0.1) is 0 Å². The molecule has 1 fully saturated rings. The molecule has 1 nitrogen and oxygen atoms in total. The molecule has 1 saturated heterocycles. The maximum Gasteiger partial charge on any atom is 0.0799 e. The lowest BCUT2D eigenvalue weighted by Crippen LogP contribution is -2.32. The van der Waals surface area contributed by atoms with Crippen LogP contribution in [0.15, 0.2) is 60.7 Å². The quantitative estimate of drug-likeness (QED) is 0.824. The molecule has 0 radical (unpaired) electrons. The minimum atomic E-state index is 0.0674. The second-order valence-electron chi connectivity index (χ2n) is 5.34. The van der Waals surface area contributed by atoms with Crippen molar-refractivity contribution in [2.75, 3.05) is 13.1 Å². The molecule has 104 valence electrons. The Morgan fingerprint density at radius 1 is 1.00 bits per heavy atom. The van der Waals surface area contributed by atoms with Gasteiger partial charge in [0.05, 0.1) is 10.1 Å². The molecule has 2 aromatic rings. The van der Waals surface area contributed by atoms with Crippen molar-refractivity contribution in [3.8, 4) is 0 Å². The van der Waals surface area contributed by atoms with E-state index in [1.807, 2.05) is 0 Å². The molecule has 0 N–H and O–H groups in total. The van der Waals surface area contributed by atoms with Crippen LogP contribution in [0.1, 0.15) is 25.0 Å². The molecule has 2 heteroatoms. The first kappa shape index (κ1) is 13.7. The van der Waals surface area contributed by atoms with Crippen LogP contribution in [0.25, 0.3) is 0 Å². The van der Waals surface area contributed by atoms with Gasteiger partial charge in [0.2, 0.25) is 0 Å². The summed E-state index contributed by atoms with van der Waals surface area (Å²) in [6.45, 7) is 6.77. The zero-order valence-corrected chi connectivity index (χ0v) is 12.9. The molecule has 1 aliphatic rings. The first-order valence-electron chi connectivity index (χ1n) is 7.29. The van der Waals surface area contributed by atoms with Crippen molar-refractivity contribution in [1.82, 2.24) is 4.90 Å². The lowest BCUT2D eigenvalue weighted by molar-refractivity contribution is 0.289. The molecule has 0 aliphatic carbocycles. The van der Waals surface area contributed by atoms with E-state index in [1.165, 1.54) is 11.1 Å². The van der Waals surface area contributed by atoms with Gasteiger partial charge in [-0.15, -0.1) is 11.8 Å². The number of likely N-dealkylation sites (N-methyl/N-ethyl adjacent to an activating group) is 1. The first-order valence-corrected chi connectivity index (χ1v) is 8.17. The number of rotatable bonds is 3. The summed E-state index contributed by atoms with van der Waals surface area (Å²) in [5.74, 6) is 0.